The van der Waals surface area contributed by atoms with Crippen LogP contribution in [0.3, 0.4) is 0 Å². The zero-order valence-corrected chi connectivity index (χ0v) is 16.5. The number of benzene rings is 2. The van der Waals surface area contributed by atoms with Crippen LogP contribution in [-0.4, -0.2) is 54.0 Å². The molecule has 1 saturated heterocycles. The van der Waals surface area contributed by atoms with Crippen molar-refractivity contribution in [2.45, 2.75) is 18.4 Å². The summed E-state index contributed by atoms with van der Waals surface area (Å²) in [4.78, 5) is 2.51. The number of hydrogen-bond donors (Lipinski definition) is 0. The maximum Gasteiger partial charge on any atom is 0.247 e. The standard InChI is InChI=1S/C20H22N4O3S/c1-16-7-5-6-10-18(16)28(25,26)24-13-11-23(12-14-24)15-19-21-22-20(27-19)17-8-3-2-4-9-17/h2-10H,11-15H2,1H3. The predicted octanol–water partition coefficient (Wildman–Crippen LogP) is 2.55. The van der Waals surface area contributed by atoms with E-state index in [0.29, 0.717) is 49.4 Å². The maximum absolute atomic E-state index is 12.9. The molecule has 28 heavy (non-hydrogen) atoms. The molecule has 0 bridgehead atoms. The first-order chi connectivity index (χ1) is 13.5. The molecule has 0 saturated carbocycles. The summed E-state index contributed by atoms with van der Waals surface area (Å²) in [5.74, 6) is 1.03. The van der Waals surface area contributed by atoms with Crippen LogP contribution in [0.2, 0.25) is 0 Å². The van der Waals surface area contributed by atoms with E-state index in [0.717, 1.165) is 11.1 Å². The summed E-state index contributed by atoms with van der Waals surface area (Å²) in [6.07, 6.45) is 0. The van der Waals surface area contributed by atoms with Gasteiger partial charge >= 0.3 is 0 Å². The van der Waals surface area contributed by atoms with E-state index in [-0.39, 0.29) is 0 Å². The van der Waals surface area contributed by atoms with Crippen molar-refractivity contribution in [1.82, 2.24) is 19.4 Å². The molecule has 4 rings (SSSR count). The van der Waals surface area contributed by atoms with E-state index in [1.807, 2.05) is 49.4 Å². The molecule has 2 aromatic carbocycles. The molecule has 0 N–H and O–H groups in total. The number of aromatic nitrogens is 2. The molecule has 0 aliphatic carbocycles. The van der Waals surface area contributed by atoms with Crippen LogP contribution in [0.25, 0.3) is 11.5 Å². The molecule has 7 nitrogen and oxygen atoms in total. The first-order valence-corrected chi connectivity index (χ1v) is 10.6. The summed E-state index contributed by atoms with van der Waals surface area (Å²) >= 11 is 0. The number of piperazine rings is 1. The molecular weight excluding hydrogens is 376 g/mol. The molecular formula is C20H22N4O3S. The zero-order chi connectivity index (χ0) is 19.6. The highest BCUT2D eigenvalue weighted by atomic mass is 32.2. The molecule has 0 spiro atoms. The van der Waals surface area contributed by atoms with Crippen molar-refractivity contribution in [2.24, 2.45) is 0 Å². The molecule has 1 aliphatic heterocycles. The summed E-state index contributed by atoms with van der Waals surface area (Å²) in [5.41, 5.74) is 1.65. The van der Waals surface area contributed by atoms with Crippen LogP contribution in [-0.2, 0) is 16.6 Å². The Morgan fingerprint density at radius 2 is 1.61 bits per heavy atom. The SMILES string of the molecule is Cc1ccccc1S(=O)(=O)N1CCN(Cc2nnc(-c3ccccc3)o2)CC1. The van der Waals surface area contributed by atoms with Gasteiger partial charge in [0.1, 0.15) is 0 Å². The van der Waals surface area contributed by atoms with Crippen molar-refractivity contribution >= 4 is 10.0 Å². The number of hydrogen-bond acceptors (Lipinski definition) is 6. The van der Waals surface area contributed by atoms with E-state index < -0.39 is 10.0 Å². The van der Waals surface area contributed by atoms with Crippen molar-refractivity contribution in [1.29, 1.82) is 0 Å². The predicted molar refractivity (Wildman–Crippen MR) is 105 cm³/mol. The Bertz CT molecular complexity index is 1040. The Balaban J connectivity index is 1.39. The van der Waals surface area contributed by atoms with Crippen LogP contribution < -0.4 is 0 Å². The van der Waals surface area contributed by atoms with Crippen molar-refractivity contribution in [2.75, 3.05) is 26.2 Å². The molecule has 146 valence electrons. The van der Waals surface area contributed by atoms with Crippen LogP contribution in [0.15, 0.2) is 63.9 Å². The molecule has 3 aromatic rings. The second-order valence-corrected chi connectivity index (χ2v) is 8.72. The van der Waals surface area contributed by atoms with E-state index >= 15 is 0 Å². The minimum Gasteiger partial charge on any atom is -0.419 e. The van der Waals surface area contributed by atoms with Gasteiger partial charge < -0.3 is 4.42 Å². The number of nitrogens with zero attached hydrogens (tertiary/aromatic N) is 4. The smallest absolute Gasteiger partial charge is 0.247 e. The molecule has 1 aromatic heterocycles. The van der Waals surface area contributed by atoms with Gasteiger partial charge in [0.15, 0.2) is 0 Å². The van der Waals surface area contributed by atoms with Crippen LogP contribution in [0.1, 0.15) is 11.5 Å². The second kappa shape index (κ2) is 7.83. The Kier molecular flexibility index (Phi) is 5.25. The van der Waals surface area contributed by atoms with E-state index in [4.69, 9.17) is 4.42 Å². The van der Waals surface area contributed by atoms with Crippen LogP contribution in [0.4, 0.5) is 0 Å². The Hall–Kier alpha value is -2.55. The third-order valence-corrected chi connectivity index (χ3v) is 6.95. The fraction of sp³-hybridized carbons (Fsp3) is 0.300. The largest absolute Gasteiger partial charge is 0.419 e. The lowest BCUT2D eigenvalue weighted by molar-refractivity contribution is 0.168. The molecule has 2 heterocycles. The van der Waals surface area contributed by atoms with Crippen LogP contribution in [0.5, 0.6) is 0 Å². The summed E-state index contributed by atoms with van der Waals surface area (Å²) < 4.78 is 33.1. The van der Waals surface area contributed by atoms with Gasteiger partial charge in [0.2, 0.25) is 21.8 Å². The summed E-state index contributed by atoms with van der Waals surface area (Å²) in [6.45, 7) is 4.45. The minimum atomic E-state index is -3.47. The normalized spacial score (nSPS) is 16.3. The van der Waals surface area contributed by atoms with Crippen molar-refractivity contribution in [3.63, 3.8) is 0 Å². The van der Waals surface area contributed by atoms with E-state index in [1.165, 1.54) is 0 Å². The first-order valence-electron chi connectivity index (χ1n) is 9.20. The van der Waals surface area contributed by atoms with Crippen molar-refractivity contribution in [3.8, 4) is 11.5 Å². The van der Waals surface area contributed by atoms with Gasteiger partial charge in [-0.25, -0.2) is 8.42 Å². The highest BCUT2D eigenvalue weighted by Gasteiger charge is 2.29. The lowest BCUT2D eigenvalue weighted by Gasteiger charge is -2.33. The van der Waals surface area contributed by atoms with E-state index in [2.05, 4.69) is 15.1 Å². The average molecular weight is 398 g/mol. The van der Waals surface area contributed by atoms with Crippen LogP contribution in [0, 0.1) is 6.92 Å². The van der Waals surface area contributed by atoms with Gasteiger partial charge in [-0.3, -0.25) is 4.90 Å². The third kappa shape index (κ3) is 3.84. The fourth-order valence-corrected chi connectivity index (χ4v) is 4.97. The van der Waals surface area contributed by atoms with Gasteiger partial charge in [-0.15, -0.1) is 10.2 Å². The Morgan fingerprint density at radius 3 is 2.32 bits per heavy atom. The number of sulfonamides is 1. The minimum absolute atomic E-state index is 0.382. The van der Waals surface area contributed by atoms with Gasteiger partial charge in [0.05, 0.1) is 11.4 Å². The molecule has 0 radical (unpaired) electrons. The molecule has 1 fully saturated rings. The van der Waals surface area contributed by atoms with E-state index in [1.54, 1.807) is 16.4 Å². The highest BCUT2D eigenvalue weighted by Crippen LogP contribution is 2.22. The van der Waals surface area contributed by atoms with Crippen molar-refractivity contribution in [3.05, 3.63) is 66.1 Å². The highest BCUT2D eigenvalue weighted by molar-refractivity contribution is 7.89. The zero-order valence-electron chi connectivity index (χ0n) is 15.7. The fourth-order valence-electron chi connectivity index (χ4n) is 3.32. The van der Waals surface area contributed by atoms with Gasteiger partial charge in [-0.2, -0.15) is 4.31 Å². The third-order valence-electron chi connectivity index (χ3n) is 4.89. The number of rotatable bonds is 5. The lowest BCUT2D eigenvalue weighted by Crippen LogP contribution is -2.48. The van der Waals surface area contributed by atoms with Gasteiger partial charge in [0.25, 0.3) is 0 Å². The molecule has 0 atom stereocenters. The molecule has 1 aliphatic rings. The van der Waals surface area contributed by atoms with Crippen molar-refractivity contribution < 1.29 is 12.8 Å². The van der Waals surface area contributed by atoms with Crippen LogP contribution >= 0.6 is 0 Å². The topological polar surface area (TPSA) is 79.5 Å². The summed E-state index contributed by atoms with van der Waals surface area (Å²) in [7, 11) is -3.47. The lowest BCUT2D eigenvalue weighted by atomic mass is 10.2. The Labute approximate surface area is 164 Å². The summed E-state index contributed by atoms with van der Waals surface area (Å²) in [5, 5.41) is 8.23. The number of aryl methyl sites for hydroxylation is 1. The van der Waals surface area contributed by atoms with E-state index in [9.17, 15) is 8.42 Å². The molecule has 0 amide bonds. The molecule has 8 heteroatoms. The van der Waals surface area contributed by atoms with Gasteiger partial charge in [-0.05, 0) is 30.7 Å². The van der Waals surface area contributed by atoms with Gasteiger partial charge in [0, 0.05) is 31.7 Å². The average Bonchev–Trinajstić information content (AvgIpc) is 3.18. The Morgan fingerprint density at radius 1 is 0.929 bits per heavy atom. The molecule has 0 unspecified atom stereocenters. The quantitative estimate of drug-likeness (QED) is 0.657. The monoisotopic (exact) mass is 398 g/mol. The maximum atomic E-state index is 12.9. The first kappa shape index (κ1) is 18.8. The summed E-state index contributed by atoms with van der Waals surface area (Å²) in [6, 6.07) is 16.7. The van der Waals surface area contributed by atoms with Gasteiger partial charge in [-0.1, -0.05) is 36.4 Å². The second-order valence-electron chi connectivity index (χ2n) is 6.81.